The van der Waals surface area contributed by atoms with Crippen LogP contribution in [0.1, 0.15) is 13.3 Å². The molecule has 0 saturated carbocycles. The maximum Gasteiger partial charge on any atom is 0.256 e. The minimum atomic E-state index is -0.654. The molecule has 1 fully saturated rings. The molecule has 26 heavy (non-hydrogen) atoms. The summed E-state index contributed by atoms with van der Waals surface area (Å²) in [5, 5.41) is 5.75. The SMILES string of the molecule is COc1ccccc1N1C(=O)C[C@H](Nc2ccc(NC(C)=O)cc2)C1=O. The first kappa shape index (κ1) is 17.5. The van der Waals surface area contributed by atoms with Gasteiger partial charge in [0.25, 0.3) is 5.91 Å². The zero-order chi connectivity index (χ0) is 18.7. The topological polar surface area (TPSA) is 87.7 Å². The van der Waals surface area contributed by atoms with Crippen molar-refractivity contribution < 1.29 is 19.1 Å². The van der Waals surface area contributed by atoms with Crippen molar-refractivity contribution in [2.45, 2.75) is 19.4 Å². The number of rotatable bonds is 5. The van der Waals surface area contributed by atoms with E-state index >= 15 is 0 Å². The Morgan fingerprint density at radius 2 is 1.73 bits per heavy atom. The Balaban J connectivity index is 1.76. The highest BCUT2D eigenvalue weighted by Gasteiger charge is 2.40. The van der Waals surface area contributed by atoms with Crippen LogP contribution in [0.25, 0.3) is 0 Å². The number of amides is 3. The third-order valence-electron chi connectivity index (χ3n) is 4.02. The molecule has 0 aromatic heterocycles. The molecule has 2 aromatic rings. The van der Waals surface area contributed by atoms with Crippen molar-refractivity contribution in [2.24, 2.45) is 0 Å². The third kappa shape index (κ3) is 3.51. The fraction of sp³-hybridized carbons (Fsp3) is 0.211. The molecular weight excluding hydrogens is 334 g/mol. The molecule has 134 valence electrons. The van der Waals surface area contributed by atoms with Crippen LogP contribution < -0.4 is 20.3 Å². The van der Waals surface area contributed by atoms with Crippen LogP contribution in [0.3, 0.4) is 0 Å². The van der Waals surface area contributed by atoms with E-state index in [0.29, 0.717) is 22.8 Å². The lowest BCUT2D eigenvalue weighted by atomic mass is 10.2. The summed E-state index contributed by atoms with van der Waals surface area (Å²) in [7, 11) is 1.50. The van der Waals surface area contributed by atoms with Gasteiger partial charge in [-0.1, -0.05) is 12.1 Å². The van der Waals surface area contributed by atoms with Gasteiger partial charge in [0.05, 0.1) is 19.2 Å². The summed E-state index contributed by atoms with van der Waals surface area (Å²) in [5.74, 6) is -0.304. The Morgan fingerprint density at radius 1 is 1.08 bits per heavy atom. The van der Waals surface area contributed by atoms with Crippen LogP contribution >= 0.6 is 0 Å². The highest BCUT2D eigenvalue weighted by molar-refractivity contribution is 6.23. The van der Waals surface area contributed by atoms with E-state index in [0.717, 1.165) is 4.90 Å². The van der Waals surface area contributed by atoms with Crippen molar-refractivity contribution in [1.29, 1.82) is 0 Å². The van der Waals surface area contributed by atoms with Gasteiger partial charge in [0.15, 0.2) is 0 Å². The van der Waals surface area contributed by atoms with Gasteiger partial charge in [0.1, 0.15) is 11.8 Å². The molecule has 7 nitrogen and oxygen atoms in total. The Hall–Kier alpha value is -3.35. The smallest absolute Gasteiger partial charge is 0.256 e. The molecule has 3 rings (SSSR count). The highest BCUT2D eigenvalue weighted by atomic mass is 16.5. The van der Waals surface area contributed by atoms with Crippen molar-refractivity contribution in [1.82, 2.24) is 0 Å². The average Bonchev–Trinajstić information content (AvgIpc) is 2.89. The molecule has 0 radical (unpaired) electrons. The van der Waals surface area contributed by atoms with E-state index in [9.17, 15) is 14.4 Å². The zero-order valence-corrected chi connectivity index (χ0v) is 14.5. The van der Waals surface area contributed by atoms with Gasteiger partial charge in [-0.25, -0.2) is 4.90 Å². The number of anilines is 3. The lowest BCUT2D eigenvalue weighted by Crippen LogP contribution is -2.35. The van der Waals surface area contributed by atoms with Crippen molar-refractivity contribution in [3.63, 3.8) is 0 Å². The number of nitrogens with one attached hydrogen (secondary N) is 2. The number of hydrogen-bond donors (Lipinski definition) is 2. The average molecular weight is 353 g/mol. The predicted octanol–water partition coefficient (Wildman–Crippen LogP) is 2.40. The quantitative estimate of drug-likeness (QED) is 0.806. The molecule has 0 aliphatic carbocycles. The molecule has 2 N–H and O–H groups in total. The number of carbonyl (C=O) groups excluding carboxylic acids is 3. The van der Waals surface area contributed by atoms with E-state index < -0.39 is 6.04 Å². The lowest BCUT2D eigenvalue weighted by Gasteiger charge is -2.18. The van der Waals surface area contributed by atoms with Crippen LogP contribution in [0, 0.1) is 0 Å². The first-order chi connectivity index (χ1) is 12.5. The van der Waals surface area contributed by atoms with Gasteiger partial charge in [-0.3, -0.25) is 14.4 Å². The van der Waals surface area contributed by atoms with Gasteiger partial charge in [0.2, 0.25) is 11.8 Å². The van der Waals surface area contributed by atoms with Crippen LogP contribution in [0.15, 0.2) is 48.5 Å². The number of methoxy groups -OCH3 is 1. The fourth-order valence-electron chi connectivity index (χ4n) is 2.87. The number of nitrogens with zero attached hydrogens (tertiary/aromatic N) is 1. The predicted molar refractivity (Wildman–Crippen MR) is 98.3 cm³/mol. The first-order valence-corrected chi connectivity index (χ1v) is 8.13. The second-order valence-corrected chi connectivity index (χ2v) is 5.90. The number of ether oxygens (including phenoxy) is 1. The summed E-state index contributed by atoms with van der Waals surface area (Å²) in [4.78, 5) is 37.3. The summed E-state index contributed by atoms with van der Waals surface area (Å²) in [5.41, 5.74) is 1.79. The molecule has 1 heterocycles. The minimum Gasteiger partial charge on any atom is -0.495 e. The number of hydrogen-bond acceptors (Lipinski definition) is 5. The van der Waals surface area contributed by atoms with Gasteiger partial charge in [-0.15, -0.1) is 0 Å². The zero-order valence-electron chi connectivity index (χ0n) is 14.5. The van der Waals surface area contributed by atoms with E-state index in [1.54, 1.807) is 48.5 Å². The minimum absolute atomic E-state index is 0.0599. The molecule has 1 aliphatic heterocycles. The van der Waals surface area contributed by atoms with E-state index in [1.165, 1.54) is 14.0 Å². The van der Waals surface area contributed by atoms with Crippen LogP contribution in [0.4, 0.5) is 17.1 Å². The van der Waals surface area contributed by atoms with Crippen LogP contribution in [-0.4, -0.2) is 30.9 Å². The normalized spacial score (nSPS) is 16.5. The first-order valence-electron chi connectivity index (χ1n) is 8.13. The summed E-state index contributed by atoms with van der Waals surface area (Å²) in [6, 6.07) is 13.2. The lowest BCUT2D eigenvalue weighted by molar-refractivity contribution is -0.121. The van der Waals surface area contributed by atoms with Gasteiger partial charge in [-0.2, -0.15) is 0 Å². The van der Waals surface area contributed by atoms with Crippen molar-refractivity contribution in [2.75, 3.05) is 22.6 Å². The molecule has 1 aliphatic rings. The van der Waals surface area contributed by atoms with Crippen LogP contribution in [0.2, 0.25) is 0 Å². The maximum absolute atomic E-state index is 12.7. The Morgan fingerprint density at radius 3 is 2.38 bits per heavy atom. The second kappa shape index (κ2) is 7.26. The van der Waals surface area contributed by atoms with Crippen LogP contribution in [-0.2, 0) is 14.4 Å². The fourth-order valence-corrected chi connectivity index (χ4v) is 2.87. The third-order valence-corrected chi connectivity index (χ3v) is 4.02. The molecule has 3 amide bonds. The Kier molecular flexibility index (Phi) is 4.88. The number of para-hydroxylation sites is 2. The molecule has 7 heteroatoms. The summed E-state index contributed by atoms with van der Waals surface area (Å²) in [6.45, 7) is 1.43. The molecule has 1 atom stereocenters. The second-order valence-electron chi connectivity index (χ2n) is 5.90. The molecule has 2 aromatic carbocycles. The molecular formula is C19H19N3O4. The van der Waals surface area contributed by atoms with Gasteiger partial charge < -0.3 is 15.4 Å². The summed E-state index contributed by atoms with van der Waals surface area (Å²) >= 11 is 0. The van der Waals surface area contributed by atoms with Gasteiger partial charge >= 0.3 is 0 Å². The largest absolute Gasteiger partial charge is 0.495 e. The molecule has 0 spiro atoms. The summed E-state index contributed by atoms with van der Waals surface area (Å²) < 4.78 is 5.25. The molecule has 0 bridgehead atoms. The van der Waals surface area contributed by atoms with Crippen LogP contribution in [0.5, 0.6) is 5.75 Å². The van der Waals surface area contributed by atoms with E-state index in [1.807, 2.05) is 0 Å². The molecule has 0 unspecified atom stereocenters. The Bertz CT molecular complexity index is 848. The highest BCUT2D eigenvalue weighted by Crippen LogP contribution is 2.32. The van der Waals surface area contributed by atoms with E-state index in [4.69, 9.17) is 4.74 Å². The summed E-state index contributed by atoms with van der Waals surface area (Å²) in [6.07, 6.45) is 0.0599. The standard InChI is InChI=1S/C19H19N3O4/c1-12(23)20-13-7-9-14(10-8-13)21-15-11-18(24)22(19(15)25)16-5-3-4-6-17(16)26-2/h3-10,15,21H,11H2,1-2H3,(H,20,23)/t15-/m0/s1. The van der Waals surface area contributed by atoms with Crippen molar-refractivity contribution >= 4 is 34.8 Å². The van der Waals surface area contributed by atoms with Gasteiger partial charge in [-0.05, 0) is 36.4 Å². The van der Waals surface area contributed by atoms with Crippen molar-refractivity contribution in [3.8, 4) is 5.75 Å². The van der Waals surface area contributed by atoms with Crippen molar-refractivity contribution in [3.05, 3.63) is 48.5 Å². The van der Waals surface area contributed by atoms with Gasteiger partial charge in [0, 0.05) is 18.3 Å². The van der Waals surface area contributed by atoms with E-state index in [2.05, 4.69) is 10.6 Å². The number of carbonyl (C=O) groups is 3. The maximum atomic E-state index is 12.7. The Labute approximate surface area is 150 Å². The number of imide groups is 1. The molecule has 1 saturated heterocycles. The monoisotopic (exact) mass is 353 g/mol. The number of benzene rings is 2. The van der Waals surface area contributed by atoms with E-state index in [-0.39, 0.29) is 24.1 Å².